The standard InChI is InChI=1S/C19H20N2O3S/c1-3-11-20-19(22)13-21-17-10-9-14(4-2)12-16(17)15-7-5-6-8-18(15)25(21,23)24/h3,5-10,12H,1,4,11,13H2,2H3,(H,20,22). The Morgan fingerprint density at radius 2 is 1.96 bits per heavy atom. The molecule has 2 aromatic rings. The van der Waals surface area contributed by atoms with Gasteiger partial charge in [0, 0.05) is 17.7 Å². The van der Waals surface area contributed by atoms with Gasteiger partial charge in [0.2, 0.25) is 5.91 Å². The second-order valence-corrected chi connectivity index (χ2v) is 7.64. The lowest BCUT2D eigenvalue weighted by atomic mass is 9.99. The van der Waals surface area contributed by atoms with Crippen LogP contribution in [0.4, 0.5) is 5.69 Å². The maximum absolute atomic E-state index is 13.1. The van der Waals surface area contributed by atoms with E-state index in [0.29, 0.717) is 17.8 Å². The summed E-state index contributed by atoms with van der Waals surface area (Å²) in [5.74, 6) is -0.367. The smallest absolute Gasteiger partial charge is 0.265 e. The van der Waals surface area contributed by atoms with Crippen LogP contribution in [0.1, 0.15) is 12.5 Å². The number of sulfonamides is 1. The van der Waals surface area contributed by atoms with Crippen LogP contribution in [0, 0.1) is 0 Å². The number of anilines is 1. The molecule has 0 aliphatic carbocycles. The molecule has 130 valence electrons. The van der Waals surface area contributed by atoms with Crippen molar-refractivity contribution in [2.75, 3.05) is 17.4 Å². The molecule has 0 radical (unpaired) electrons. The van der Waals surface area contributed by atoms with Crippen LogP contribution in [0.15, 0.2) is 60.0 Å². The fourth-order valence-electron chi connectivity index (χ4n) is 2.94. The van der Waals surface area contributed by atoms with Gasteiger partial charge in [-0.3, -0.25) is 9.10 Å². The zero-order valence-corrected chi connectivity index (χ0v) is 14.8. The molecule has 1 aliphatic rings. The first-order valence-corrected chi connectivity index (χ1v) is 9.55. The first kappa shape index (κ1) is 17.2. The van der Waals surface area contributed by atoms with Gasteiger partial charge >= 0.3 is 0 Å². The Hall–Kier alpha value is -2.60. The molecule has 0 saturated heterocycles. The Morgan fingerprint density at radius 3 is 2.68 bits per heavy atom. The lowest BCUT2D eigenvalue weighted by Crippen LogP contribution is -2.42. The highest BCUT2D eigenvalue weighted by atomic mass is 32.2. The number of carbonyl (C=O) groups is 1. The lowest BCUT2D eigenvalue weighted by Gasteiger charge is -2.32. The van der Waals surface area contributed by atoms with Crippen LogP contribution in [0.5, 0.6) is 0 Å². The van der Waals surface area contributed by atoms with Gasteiger partial charge in [-0.1, -0.05) is 37.3 Å². The molecule has 3 rings (SSSR count). The van der Waals surface area contributed by atoms with Gasteiger partial charge in [-0.2, -0.15) is 0 Å². The molecule has 0 bridgehead atoms. The predicted molar refractivity (Wildman–Crippen MR) is 99.0 cm³/mol. The van der Waals surface area contributed by atoms with E-state index in [1.54, 1.807) is 30.3 Å². The molecular weight excluding hydrogens is 336 g/mol. The zero-order chi connectivity index (χ0) is 18.0. The van der Waals surface area contributed by atoms with E-state index in [1.165, 1.54) is 4.31 Å². The van der Waals surface area contributed by atoms with Crippen molar-refractivity contribution in [1.82, 2.24) is 5.32 Å². The molecule has 0 aromatic heterocycles. The van der Waals surface area contributed by atoms with Crippen molar-refractivity contribution in [3.63, 3.8) is 0 Å². The molecule has 25 heavy (non-hydrogen) atoms. The highest BCUT2D eigenvalue weighted by Gasteiger charge is 2.35. The topological polar surface area (TPSA) is 66.5 Å². The van der Waals surface area contributed by atoms with Gasteiger partial charge in [-0.25, -0.2) is 8.42 Å². The summed E-state index contributed by atoms with van der Waals surface area (Å²) in [4.78, 5) is 12.4. The monoisotopic (exact) mass is 356 g/mol. The van der Waals surface area contributed by atoms with Gasteiger partial charge in [0.1, 0.15) is 6.54 Å². The summed E-state index contributed by atoms with van der Waals surface area (Å²) in [6.45, 7) is 5.63. The van der Waals surface area contributed by atoms with Gasteiger partial charge in [-0.15, -0.1) is 6.58 Å². The lowest BCUT2D eigenvalue weighted by molar-refractivity contribution is -0.119. The molecule has 1 aliphatic heterocycles. The number of nitrogens with one attached hydrogen (secondary N) is 1. The van der Waals surface area contributed by atoms with Gasteiger partial charge in [0.05, 0.1) is 10.6 Å². The summed E-state index contributed by atoms with van der Waals surface area (Å²) in [7, 11) is -3.79. The molecule has 0 saturated carbocycles. The number of carbonyl (C=O) groups excluding carboxylic acids is 1. The predicted octanol–water partition coefficient (Wildman–Crippen LogP) is 2.73. The van der Waals surface area contributed by atoms with Gasteiger partial charge in [0.15, 0.2) is 0 Å². The van der Waals surface area contributed by atoms with Crippen LogP contribution in [0.2, 0.25) is 0 Å². The average molecular weight is 356 g/mol. The van der Waals surface area contributed by atoms with Crippen LogP contribution >= 0.6 is 0 Å². The van der Waals surface area contributed by atoms with Crippen molar-refractivity contribution >= 4 is 21.6 Å². The van der Waals surface area contributed by atoms with E-state index in [-0.39, 0.29) is 17.3 Å². The van der Waals surface area contributed by atoms with E-state index < -0.39 is 10.0 Å². The van der Waals surface area contributed by atoms with Crippen LogP contribution in [0.3, 0.4) is 0 Å². The third kappa shape index (κ3) is 3.05. The first-order chi connectivity index (χ1) is 12.0. The molecule has 0 spiro atoms. The van der Waals surface area contributed by atoms with E-state index >= 15 is 0 Å². The van der Waals surface area contributed by atoms with E-state index in [0.717, 1.165) is 17.5 Å². The van der Waals surface area contributed by atoms with E-state index in [9.17, 15) is 13.2 Å². The van der Waals surface area contributed by atoms with E-state index in [2.05, 4.69) is 11.9 Å². The fraction of sp³-hybridized carbons (Fsp3) is 0.211. The van der Waals surface area contributed by atoms with E-state index in [1.807, 2.05) is 25.1 Å². The van der Waals surface area contributed by atoms with Crippen molar-refractivity contribution in [3.8, 4) is 11.1 Å². The first-order valence-electron chi connectivity index (χ1n) is 8.11. The minimum absolute atomic E-state index is 0.229. The number of benzene rings is 2. The number of rotatable bonds is 5. The van der Waals surface area contributed by atoms with E-state index in [4.69, 9.17) is 0 Å². The molecule has 1 N–H and O–H groups in total. The van der Waals surface area contributed by atoms with Gasteiger partial charge in [-0.05, 0) is 30.2 Å². The molecule has 5 nitrogen and oxygen atoms in total. The molecule has 2 aromatic carbocycles. The fourth-order valence-corrected chi connectivity index (χ4v) is 4.59. The largest absolute Gasteiger partial charge is 0.351 e. The Morgan fingerprint density at radius 1 is 1.20 bits per heavy atom. The van der Waals surface area contributed by atoms with Crippen LogP contribution in [0.25, 0.3) is 11.1 Å². The van der Waals surface area contributed by atoms with Gasteiger partial charge < -0.3 is 5.32 Å². The van der Waals surface area contributed by atoms with Crippen molar-refractivity contribution in [3.05, 3.63) is 60.7 Å². The van der Waals surface area contributed by atoms with Crippen molar-refractivity contribution in [2.45, 2.75) is 18.2 Å². The summed E-state index contributed by atoms with van der Waals surface area (Å²) in [5.41, 5.74) is 3.16. The summed E-state index contributed by atoms with van der Waals surface area (Å²) >= 11 is 0. The third-order valence-electron chi connectivity index (χ3n) is 4.21. The number of nitrogens with zero attached hydrogens (tertiary/aromatic N) is 1. The molecule has 1 amide bonds. The summed E-state index contributed by atoms with van der Waals surface area (Å²) < 4.78 is 27.3. The molecule has 0 atom stereocenters. The third-order valence-corrected chi connectivity index (χ3v) is 6.03. The average Bonchev–Trinajstić information content (AvgIpc) is 2.63. The number of amides is 1. The number of aryl methyl sites for hydroxylation is 1. The number of hydrogen-bond acceptors (Lipinski definition) is 3. The second-order valence-electron chi connectivity index (χ2n) is 5.81. The van der Waals surface area contributed by atoms with Gasteiger partial charge in [0.25, 0.3) is 10.0 Å². The Labute approximate surface area is 148 Å². The summed E-state index contributed by atoms with van der Waals surface area (Å²) in [6.07, 6.45) is 2.40. The highest BCUT2D eigenvalue weighted by molar-refractivity contribution is 7.93. The molecule has 0 fully saturated rings. The SMILES string of the molecule is C=CCNC(=O)CN1c2ccc(CC)cc2-c2ccccc2S1(=O)=O. The normalized spacial score (nSPS) is 14.4. The highest BCUT2D eigenvalue weighted by Crippen LogP contribution is 2.43. The second kappa shape index (κ2) is 6.72. The van der Waals surface area contributed by atoms with Crippen molar-refractivity contribution in [1.29, 1.82) is 0 Å². The summed E-state index contributed by atoms with van der Waals surface area (Å²) in [5, 5.41) is 2.63. The minimum atomic E-state index is -3.79. The molecular formula is C19H20N2O3S. The quantitative estimate of drug-likeness (QED) is 0.838. The molecule has 0 unspecified atom stereocenters. The maximum atomic E-state index is 13.1. The van der Waals surface area contributed by atoms with Crippen molar-refractivity contribution < 1.29 is 13.2 Å². The van der Waals surface area contributed by atoms with Crippen LogP contribution in [-0.2, 0) is 21.2 Å². The molecule has 1 heterocycles. The Kier molecular flexibility index (Phi) is 4.63. The number of fused-ring (bicyclic) bond motifs is 3. The summed E-state index contributed by atoms with van der Waals surface area (Å²) in [6, 6.07) is 12.6. The Balaban J connectivity index is 2.14. The van der Waals surface area contributed by atoms with Crippen LogP contribution < -0.4 is 9.62 Å². The molecule has 6 heteroatoms. The maximum Gasteiger partial charge on any atom is 0.265 e. The minimum Gasteiger partial charge on any atom is -0.351 e. The van der Waals surface area contributed by atoms with Crippen LogP contribution in [-0.4, -0.2) is 27.4 Å². The number of hydrogen-bond donors (Lipinski definition) is 1. The Bertz CT molecular complexity index is 935. The van der Waals surface area contributed by atoms with Crippen molar-refractivity contribution in [2.24, 2.45) is 0 Å². The zero-order valence-electron chi connectivity index (χ0n) is 14.0.